The van der Waals surface area contributed by atoms with E-state index in [-0.39, 0.29) is 37.1 Å². The number of amides is 2. The lowest BCUT2D eigenvalue weighted by atomic mass is 10.0. The Balaban J connectivity index is 1.73. The molecule has 0 spiro atoms. The number of benzene rings is 1. The van der Waals surface area contributed by atoms with Crippen LogP contribution in [0.1, 0.15) is 18.5 Å². The van der Waals surface area contributed by atoms with Crippen molar-refractivity contribution in [1.82, 2.24) is 9.80 Å². The molecule has 6 nitrogen and oxygen atoms in total. The molecule has 23 heavy (non-hydrogen) atoms. The van der Waals surface area contributed by atoms with E-state index in [0.717, 1.165) is 5.56 Å². The number of nitrogens with zero attached hydrogens (tertiary/aromatic N) is 2. The summed E-state index contributed by atoms with van der Waals surface area (Å²) < 4.78 is 10.9. The summed E-state index contributed by atoms with van der Waals surface area (Å²) in [5, 5.41) is 0. The minimum Gasteiger partial charge on any atom is -0.374 e. The lowest BCUT2D eigenvalue weighted by molar-refractivity contribution is -0.154. The number of rotatable bonds is 3. The first-order valence-electron chi connectivity index (χ1n) is 7.96. The first kappa shape index (κ1) is 16.0. The molecule has 0 unspecified atom stereocenters. The minimum atomic E-state index is -0.123. The van der Waals surface area contributed by atoms with Gasteiger partial charge in [-0.25, -0.2) is 0 Å². The van der Waals surface area contributed by atoms with Crippen LogP contribution in [0.5, 0.6) is 0 Å². The molecular formula is C17H22N2O4. The molecule has 2 atom stereocenters. The van der Waals surface area contributed by atoms with Crippen molar-refractivity contribution in [3.63, 3.8) is 0 Å². The number of carbonyl (C=O) groups is 2. The molecule has 2 saturated heterocycles. The Morgan fingerprint density at radius 2 is 2.09 bits per heavy atom. The van der Waals surface area contributed by atoms with Gasteiger partial charge in [-0.05, 0) is 12.5 Å². The highest BCUT2D eigenvalue weighted by Crippen LogP contribution is 2.26. The molecule has 2 aliphatic heterocycles. The van der Waals surface area contributed by atoms with Crippen molar-refractivity contribution in [2.75, 3.05) is 39.5 Å². The van der Waals surface area contributed by atoms with Crippen LogP contribution < -0.4 is 0 Å². The molecule has 2 amide bonds. The highest BCUT2D eigenvalue weighted by Gasteiger charge is 2.33. The number of morpholine rings is 2. The molecule has 2 fully saturated rings. The first-order valence-corrected chi connectivity index (χ1v) is 7.96. The third-order valence-electron chi connectivity index (χ3n) is 4.28. The van der Waals surface area contributed by atoms with E-state index in [1.807, 2.05) is 42.2 Å². The Bertz CT molecular complexity index is 563. The highest BCUT2D eigenvalue weighted by molar-refractivity contribution is 5.86. The Morgan fingerprint density at radius 1 is 1.30 bits per heavy atom. The molecule has 0 aromatic heterocycles. The Hall–Kier alpha value is -1.92. The third kappa shape index (κ3) is 3.71. The zero-order valence-corrected chi connectivity index (χ0v) is 13.3. The summed E-state index contributed by atoms with van der Waals surface area (Å²) in [7, 11) is 0. The van der Waals surface area contributed by atoms with Gasteiger partial charge in [0.25, 0.3) is 0 Å². The molecule has 1 aromatic rings. The maximum atomic E-state index is 12.8. The Morgan fingerprint density at radius 3 is 2.83 bits per heavy atom. The lowest BCUT2D eigenvalue weighted by Gasteiger charge is -2.40. The van der Waals surface area contributed by atoms with E-state index in [2.05, 4.69) is 0 Å². The average Bonchev–Trinajstić information content (AvgIpc) is 2.57. The maximum absolute atomic E-state index is 12.8. The summed E-state index contributed by atoms with van der Waals surface area (Å²) in [4.78, 5) is 28.0. The van der Waals surface area contributed by atoms with Gasteiger partial charge in [0.15, 0.2) is 0 Å². The highest BCUT2D eigenvalue weighted by atomic mass is 16.5. The average molecular weight is 318 g/mol. The molecule has 3 rings (SSSR count). The summed E-state index contributed by atoms with van der Waals surface area (Å²) >= 11 is 0. The van der Waals surface area contributed by atoms with Crippen LogP contribution in [0.2, 0.25) is 0 Å². The van der Waals surface area contributed by atoms with Crippen LogP contribution in [-0.4, -0.2) is 67.2 Å². The normalized spacial score (nSPS) is 25.5. The zero-order chi connectivity index (χ0) is 16.2. The third-order valence-corrected chi connectivity index (χ3v) is 4.28. The van der Waals surface area contributed by atoms with Crippen LogP contribution in [0.25, 0.3) is 0 Å². The summed E-state index contributed by atoms with van der Waals surface area (Å²) in [5.41, 5.74) is 1.06. The van der Waals surface area contributed by atoms with E-state index in [4.69, 9.17) is 9.47 Å². The van der Waals surface area contributed by atoms with Crippen LogP contribution >= 0.6 is 0 Å². The quantitative estimate of drug-likeness (QED) is 0.828. The molecule has 124 valence electrons. The summed E-state index contributed by atoms with van der Waals surface area (Å²) in [6.45, 7) is 4.11. The topological polar surface area (TPSA) is 59.1 Å². The summed E-state index contributed by atoms with van der Waals surface area (Å²) in [5.74, 6) is -0.161. The second-order valence-corrected chi connectivity index (χ2v) is 5.98. The van der Waals surface area contributed by atoms with Gasteiger partial charge in [-0.15, -0.1) is 0 Å². The largest absolute Gasteiger partial charge is 0.374 e. The monoisotopic (exact) mass is 318 g/mol. The second kappa shape index (κ2) is 7.10. The fraction of sp³-hybridized carbons (Fsp3) is 0.529. The van der Waals surface area contributed by atoms with E-state index in [9.17, 15) is 9.59 Å². The Kier molecular flexibility index (Phi) is 4.93. The van der Waals surface area contributed by atoms with E-state index in [1.165, 1.54) is 0 Å². The zero-order valence-electron chi connectivity index (χ0n) is 13.3. The van der Waals surface area contributed by atoms with Crippen LogP contribution in [0, 0.1) is 0 Å². The molecule has 6 heteroatoms. The van der Waals surface area contributed by atoms with Crippen molar-refractivity contribution in [2.24, 2.45) is 0 Å². The summed E-state index contributed by atoms with van der Waals surface area (Å²) in [6, 6.07) is 9.78. The fourth-order valence-electron chi connectivity index (χ4n) is 3.00. The van der Waals surface area contributed by atoms with Crippen molar-refractivity contribution < 1.29 is 19.1 Å². The molecule has 2 heterocycles. The predicted molar refractivity (Wildman–Crippen MR) is 83.7 cm³/mol. The molecule has 2 aliphatic rings. The SMILES string of the molecule is C[C@H]1CN(C(=O)CN2CCOCC2=O)[C@H](c2ccccc2)CO1. The second-order valence-electron chi connectivity index (χ2n) is 5.98. The number of carbonyl (C=O) groups excluding carboxylic acids is 2. The Labute approximate surface area is 136 Å². The van der Waals surface area contributed by atoms with Gasteiger partial charge in [-0.3, -0.25) is 9.59 Å². The van der Waals surface area contributed by atoms with Crippen molar-refractivity contribution >= 4 is 11.8 Å². The van der Waals surface area contributed by atoms with Crippen molar-refractivity contribution in [1.29, 1.82) is 0 Å². The van der Waals surface area contributed by atoms with Gasteiger partial charge in [0, 0.05) is 13.1 Å². The number of hydrogen-bond donors (Lipinski definition) is 0. The number of hydrogen-bond acceptors (Lipinski definition) is 4. The molecule has 0 radical (unpaired) electrons. The standard InChI is InChI=1S/C17H22N2O4/c1-13-9-19(15(11-23-13)14-5-3-2-4-6-14)16(20)10-18-7-8-22-12-17(18)21/h2-6,13,15H,7-12H2,1H3/t13-,15-/m0/s1. The molecular weight excluding hydrogens is 296 g/mol. The van der Waals surface area contributed by atoms with Crippen LogP contribution in [0.3, 0.4) is 0 Å². The summed E-state index contributed by atoms with van der Waals surface area (Å²) in [6.07, 6.45) is -0.000645. The molecule has 0 saturated carbocycles. The fourth-order valence-corrected chi connectivity index (χ4v) is 3.00. The van der Waals surface area contributed by atoms with Crippen LogP contribution in [0.15, 0.2) is 30.3 Å². The van der Waals surface area contributed by atoms with E-state index >= 15 is 0 Å². The smallest absolute Gasteiger partial charge is 0.249 e. The van der Waals surface area contributed by atoms with Gasteiger partial charge >= 0.3 is 0 Å². The van der Waals surface area contributed by atoms with Crippen molar-refractivity contribution in [3.8, 4) is 0 Å². The van der Waals surface area contributed by atoms with Crippen molar-refractivity contribution in [2.45, 2.75) is 19.1 Å². The van der Waals surface area contributed by atoms with Crippen LogP contribution in [0.4, 0.5) is 0 Å². The van der Waals surface area contributed by atoms with E-state index < -0.39 is 0 Å². The van der Waals surface area contributed by atoms with Gasteiger partial charge in [0.1, 0.15) is 6.61 Å². The van der Waals surface area contributed by atoms with E-state index in [0.29, 0.717) is 26.3 Å². The minimum absolute atomic E-state index is 0.000645. The molecule has 0 bridgehead atoms. The molecule has 0 N–H and O–H groups in total. The number of ether oxygens (including phenoxy) is 2. The lowest BCUT2D eigenvalue weighted by Crippen LogP contribution is -2.52. The van der Waals surface area contributed by atoms with E-state index in [1.54, 1.807) is 4.90 Å². The van der Waals surface area contributed by atoms with Gasteiger partial charge in [-0.1, -0.05) is 30.3 Å². The molecule has 1 aromatic carbocycles. The molecule has 0 aliphatic carbocycles. The van der Waals surface area contributed by atoms with Gasteiger partial charge in [-0.2, -0.15) is 0 Å². The maximum Gasteiger partial charge on any atom is 0.249 e. The van der Waals surface area contributed by atoms with Crippen molar-refractivity contribution in [3.05, 3.63) is 35.9 Å². The predicted octanol–water partition coefficient (Wildman–Crippen LogP) is 0.834. The van der Waals surface area contributed by atoms with Gasteiger partial charge in [0.05, 0.1) is 31.9 Å². The van der Waals surface area contributed by atoms with Gasteiger partial charge < -0.3 is 19.3 Å². The first-order chi connectivity index (χ1) is 11.1. The van der Waals surface area contributed by atoms with Gasteiger partial charge in [0.2, 0.25) is 11.8 Å². The van der Waals surface area contributed by atoms with Crippen LogP contribution in [-0.2, 0) is 19.1 Å².